The van der Waals surface area contributed by atoms with Gasteiger partial charge in [-0.05, 0) is 18.9 Å². The van der Waals surface area contributed by atoms with E-state index in [9.17, 15) is 15.0 Å². The number of esters is 1. The Morgan fingerprint density at radius 3 is 2.67 bits per heavy atom. The van der Waals surface area contributed by atoms with Crippen LogP contribution >= 0.6 is 0 Å². The summed E-state index contributed by atoms with van der Waals surface area (Å²) in [5.74, 6) is -0.546. The SMILES string of the molecule is CCOC(=O)C[C@H]1C[C@@H](O)[C@@H](O)[C@H]1OCc1ccccc1. The van der Waals surface area contributed by atoms with E-state index in [0.717, 1.165) is 5.56 Å². The third kappa shape index (κ3) is 4.27. The fraction of sp³-hybridized carbons (Fsp3) is 0.562. The minimum atomic E-state index is -0.965. The molecule has 0 saturated heterocycles. The van der Waals surface area contributed by atoms with E-state index in [4.69, 9.17) is 9.47 Å². The van der Waals surface area contributed by atoms with Crippen molar-refractivity contribution in [2.75, 3.05) is 6.61 Å². The summed E-state index contributed by atoms with van der Waals surface area (Å²) < 4.78 is 10.7. The largest absolute Gasteiger partial charge is 0.466 e. The molecule has 0 bridgehead atoms. The van der Waals surface area contributed by atoms with E-state index in [-0.39, 0.29) is 18.3 Å². The van der Waals surface area contributed by atoms with Gasteiger partial charge in [0.05, 0.1) is 31.8 Å². The Kier molecular flexibility index (Phi) is 5.73. The Hall–Kier alpha value is -1.43. The monoisotopic (exact) mass is 294 g/mol. The third-order valence-corrected chi connectivity index (χ3v) is 3.76. The van der Waals surface area contributed by atoms with Crippen molar-refractivity contribution in [3.63, 3.8) is 0 Å². The van der Waals surface area contributed by atoms with E-state index in [1.54, 1.807) is 6.92 Å². The van der Waals surface area contributed by atoms with E-state index >= 15 is 0 Å². The molecule has 0 amide bonds. The van der Waals surface area contributed by atoms with Gasteiger partial charge in [-0.1, -0.05) is 30.3 Å². The van der Waals surface area contributed by atoms with Gasteiger partial charge in [0, 0.05) is 5.92 Å². The quantitative estimate of drug-likeness (QED) is 0.773. The lowest BCUT2D eigenvalue weighted by Gasteiger charge is -2.22. The molecule has 1 aliphatic carbocycles. The third-order valence-electron chi connectivity index (χ3n) is 3.76. The maximum absolute atomic E-state index is 11.6. The Morgan fingerprint density at radius 2 is 2.00 bits per heavy atom. The second-order valence-electron chi connectivity index (χ2n) is 5.32. The van der Waals surface area contributed by atoms with Gasteiger partial charge in [-0.15, -0.1) is 0 Å². The van der Waals surface area contributed by atoms with Gasteiger partial charge in [-0.2, -0.15) is 0 Å². The van der Waals surface area contributed by atoms with Crippen LogP contribution in [0.2, 0.25) is 0 Å². The predicted molar refractivity (Wildman–Crippen MR) is 76.4 cm³/mol. The first kappa shape index (κ1) is 15.9. The summed E-state index contributed by atoms with van der Waals surface area (Å²) in [5.41, 5.74) is 0.987. The smallest absolute Gasteiger partial charge is 0.306 e. The maximum Gasteiger partial charge on any atom is 0.306 e. The predicted octanol–water partition coefficient (Wildman–Crippen LogP) is 1.27. The molecule has 2 rings (SSSR count). The van der Waals surface area contributed by atoms with Gasteiger partial charge >= 0.3 is 5.97 Å². The van der Waals surface area contributed by atoms with Gasteiger partial charge in [-0.3, -0.25) is 4.79 Å². The standard InChI is InChI=1S/C16H22O5/c1-2-20-14(18)9-12-8-13(17)15(19)16(12)21-10-11-6-4-3-5-7-11/h3-7,12-13,15-17,19H,2,8-10H2,1H3/t12-,13-,15-,16+/m1/s1. The van der Waals surface area contributed by atoms with E-state index < -0.39 is 18.3 Å². The van der Waals surface area contributed by atoms with Crippen LogP contribution in [-0.2, 0) is 20.9 Å². The van der Waals surface area contributed by atoms with Gasteiger partial charge < -0.3 is 19.7 Å². The molecule has 4 atom stereocenters. The Morgan fingerprint density at radius 1 is 1.29 bits per heavy atom. The molecule has 1 saturated carbocycles. The van der Waals surface area contributed by atoms with Crippen LogP contribution in [0.15, 0.2) is 30.3 Å². The number of hydrogen-bond donors (Lipinski definition) is 2. The lowest BCUT2D eigenvalue weighted by molar-refractivity contribution is -0.146. The normalized spacial score (nSPS) is 28.5. The van der Waals surface area contributed by atoms with Crippen LogP contribution in [0, 0.1) is 5.92 Å². The topological polar surface area (TPSA) is 76.0 Å². The van der Waals surface area contributed by atoms with Crippen molar-refractivity contribution in [3.05, 3.63) is 35.9 Å². The molecule has 21 heavy (non-hydrogen) atoms. The number of carbonyl (C=O) groups is 1. The van der Waals surface area contributed by atoms with Crippen LogP contribution in [0.5, 0.6) is 0 Å². The van der Waals surface area contributed by atoms with Crippen LogP contribution in [-0.4, -0.2) is 41.1 Å². The number of benzene rings is 1. The molecule has 0 radical (unpaired) electrons. The van der Waals surface area contributed by atoms with Crippen LogP contribution in [0.25, 0.3) is 0 Å². The van der Waals surface area contributed by atoms with Gasteiger partial charge in [0.2, 0.25) is 0 Å². The Balaban J connectivity index is 1.94. The van der Waals surface area contributed by atoms with E-state index in [0.29, 0.717) is 19.6 Å². The van der Waals surface area contributed by atoms with Crippen molar-refractivity contribution in [1.29, 1.82) is 0 Å². The zero-order chi connectivity index (χ0) is 15.2. The zero-order valence-corrected chi connectivity index (χ0v) is 12.1. The van der Waals surface area contributed by atoms with Gasteiger partial charge in [0.15, 0.2) is 0 Å². The number of rotatable bonds is 6. The molecule has 1 aliphatic rings. The fourth-order valence-corrected chi connectivity index (χ4v) is 2.72. The highest BCUT2D eigenvalue weighted by atomic mass is 16.5. The van der Waals surface area contributed by atoms with Crippen LogP contribution in [0.4, 0.5) is 0 Å². The summed E-state index contributed by atoms with van der Waals surface area (Å²) in [4.78, 5) is 11.6. The summed E-state index contributed by atoms with van der Waals surface area (Å²) in [7, 11) is 0. The van der Waals surface area contributed by atoms with Crippen molar-refractivity contribution >= 4 is 5.97 Å². The molecule has 0 unspecified atom stereocenters. The molecule has 0 heterocycles. The number of aliphatic hydroxyl groups excluding tert-OH is 2. The molecule has 2 N–H and O–H groups in total. The molecule has 0 aliphatic heterocycles. The van der Waals surface area contributed by atoms with E-state index in [1.807, 2.05) is 30.3 Å². The van der Waals surface area contributed by atoms with Crippen LogP contribution in [0.1, 0.15) is 25.3 Å². The van der Waals surface area contributed by atoms with Crippen molar-refractivity contribution in [2.24, 2.45) is 5.92 Å². The zero-order valence-electron chi connectivity index (χ0n) is 12.1. The molecule has 1 aromatic rings. The van der Waals surface area contributed by atoms with Gasteiger partial charge in [0.25, 0.3) is 0 Å². The first-order chi connectivity index (χ1) is 10.1. The molecular formula is C16H22O5. The molecule has 116 valence electrons. The summed E-state index contributed by atoms with van der Waals surface area (Å²) in [5, 5.41) is 19.8. The molecule has 0 spiro atoms. The highest BCUT2D eigenvalue weighted by Gasteiger charge is 2.43. The molecule has 1 aromatic carbocycles. The summed E-state index contributed by atoms with van der Waals surface area (Å²) in [6.45, 7) is 2.42. The summed E-state index contributed by atoms with van der Waals surface area (Å²) >= 11 is 0. The Bertz CT molecular complexity index is 447. The average molecular weight is 294 g/mol. The number of ether oxygens (including phenoxy) is 2. The highest BCUT2D eigenvalue weighted by molar-refractivity contribution is 5.69. The molecule has 5 heteroatoms. The number of hydrogen-bond acceptors (Lipinski definition) is 5. The molecule has 0 aromatic heterocycles. The summed E-state index contributed by atoms with van der Waals surface area (Å²) in [6.07, 6.45) is -1.87. The van der Waals surface area contributed by atoms with Crippen molar-refractivity contribution < 1.29 is 24.5 Å². The first-order valence-electron chi connectivity index (χ1n) is 7.29. The lowest BCUT2D eigenvalue weighted by atomic mass is 10.0. The second kappa shape index (κ2) is 7.54. The van der Waals surface area contributed by atoms with Gasteiger partial charge in [0.1, 0.15) is 6.10 Å². The number of carbonyl (C=O) groups excluding carboxylic acids is 1. The highest BCUT2D eigenvalue weighted by Crippen LogP contribution is 2.32. The second-order valence-corrected chi connectivity index (χ2v) is 5.32. The van der Waals surface area contributed by atoms with Crippen molar-refractivity contribution in [1.82, 2.24) is 0 Å². The number of aliphatic hydroxyl groups is 2. The van der Waals surface area contributed by atoms with Gasteiger partial charge in [-0.25, -0.2) is 0 Å². The first-order valence-corrected chi connectivity index (χ1v) is 7.29. The molecule has 5 nitrogen and oxygen atoms in total. The van der Waals surface area contributed by atoms with E-state index in [2.05, 4.69) is 0 Å². The molecule has 1 fully saturated rings. The minimum absolute atomic E-state index is 0.154. The van der Waals surface area contributed by atoms with Crippen LogP contribution < -0.4 is 0 Å². The van der Waals surface area contributed by atoms with Crippen LogP contribution in [0.3, 0.4) is 0 Å². The fourth-order valence-electron chi connectivity index (χ4n) is 2.72. The summed E-state index contributed by atoms with van der Waals surface area (Å²) in [6, 6.07) is 9.60. The Labute approximate surface area is 124 Å². The van der Waals surface area contributed by atoms with E-state index in [1.165, 1.54) is 0 Å². The lowest BCUT2D eigenvalue weighted by Crippen LogP contribution is -2.34. The molecular weight excluding hydrogens is 272 g/mol. The van der Waals surface area contributed by atoms with Crippen molar-refractivity contribution in [2.45, 2.75) is 44.7 Å². The minimum Gasteiger partial charge on any atom is -0.466 e. The average Bonchev–Trinajstić information content (AvgIpc) is 2.73. The van der Waals surface area contributed by atoms with Crippen molar-refractivity contribution in [3.8, 4) is 0 Å². The maximum atomic E-state index is 11.6.